The molecule has 1 heterocycles. The minimum absolute atomic E-state index is 0.00959. The van der Waals surface area contributed by atoms with Crippen LogP contribution in [0, 0.1) is 0 Å². The van der Waals surface area contributed by atoms with Crippen LogP contribution in [0.1, 0.15) is 6.92 Å². The molecule has 2 aromatic rings. The van der Waals surface area contributed by atoms with Crippen LogP contribution in [0.4, 0.5) is 15.3 Å². The summed E-state index contributed by atoms with van der Waals surface area (Å²) in [5, 5.41) is 8.38. The minimum atomic E-state index is -4.98. The van der Waals surface area contributed by atoms with Gasteiger partial charge >= 0.3 is 10.2 Å². The molecule has 27 heavy (non-hydrogen) atoms. The fourth-order valence-electron chi connectivity index (χ4n) is 2.97. The van der Waals surface area contributed by atoms with Crippen molar-refractivity contribution < 1.29 is 17.0 Å². The Hall–Kier alpha value is -1.58. The van der Waals surface area contributed by atoms with Crippen LogP contribution in [0.15, 0.2) is 57.7 Å². The summed E-state index contributed by atoms with van der Waals surface area (Å²) < 4.78 is 41.2. The van der Waals surface area contributed by atoms with Crippen molar-refractivity contribution in [2.75, 3.05) is 19.8 Å². The number of morpholine rings is 1. The molecule has 0 aliphatic carbocycles. The van der Waals surface area contributed by atoms with E-state index in [1.54, 1.807) is 0 Å². The monoisotopic (exact) mass is 432 g/mol. The first-order chi connectivity index (χ1) is 12.7. The predicted molar refractivity (Wildman–Crippen MR) is 103 cm³/mol. The molecule has 0 N–H and O–H groups in total. The summed E-state index contributed by atoms with van der Waals surface area (Å²) in [5.41, 5.74) is 1.09. The topological polar surface area (TPSA) is 68.1 Å². The molecule has 1 aliphatic heterocycles. The van der Waals surface area contributed by atoms with Gasteiger partial charge in [0, 0.05) is 17.4 Å². The van der Waals surface area contributed by atoms with Crippen molar-refractivity contribution in [1.82, 2.24) is 4.59 Å². The Labute approximate surface area is 167 Å². The lowest BCUT2D eigenvalue weighted by atomic mass is 10.2. The molecule has 0 amide bonds. The van der Waals surface area contributed by atoms with Crippen LogP contribution in [0.5, 0.6) is 0 Å². The summed E-state index contributed by atoms with van der Waals surface area (Å²) in [5.74, 6) is 0. The second kappa shape index (κ2) is 7.81. The summed E-state index contributed by atoms with van der Waals surface area (Å²) in [4.78, 5) is -0.695. The normalized spacial score (nSPS) is 23.6. The Kier molecular flexibility index (Phi) is 5.83. The fourth-order valence-corrected chi connectivity index (χ4v) is 4.22. The van der Waals surface area contributed by atoms with Crippen molar-refractivity contribution in [1.29, 1.82) is 0 Å². The van der Waals surface area contributed by atoms with E-state index in [-0.39, 0.29) is 26.4 Å². The average Bonchev–Trinajstić information content (AvgIpc) is 2.63. The van der Waals surface area contributed by atoms with Crippen molar-refractivity contribution >= 4 is 44.8 Å². The van der Waals surface area contributed by atoms with E-state index in [0.717, 1.165) is 11.8 Å². The summed E-state index contributed by atoms with van der Waals surface area (Å²) in [6, 6.07) is 11.8. The summed E-state index contributed by atoms with van der Waals surface area (Å²) in [6.07, 6.45) is 0. The molecule has 144 valence electrons. The van der Waals surface area contributed by atoms with Gasteiger partial charge in [-0.25, -0.2) is 0 Å². The van der Waals surface area contributed by atoms with Gasteiger partial charge in [-0.3, -0.25) is 0 Å². The second-order valence-electron chi connectivity index (χ2n) is 6.17. The van der Waals surface area contributed by atoms with Crippen molar-refractivity contribution in [2.24, 2.45) is 10.3 Å². The maximum atomic E-state index is 13.3. The number of halogens is 3. The lowest BCUT2D eigenvalue weighted by Gasteiger charge is -2.38. The van der Waals surface area contributed by atoms with Gasteiger partial charge in [0.05, 0.1) is 16.7 Å². The van der Waals surface area contributed by atoms with Crippen LogP contribution in [-0.2, 0) is 15.0 Å². The van der Waals surface area contributed by atoms with Gasteiger partial charge in [0.15, 0.2) is 5.69 Å². The summed E-state index contributed by atoms with van der Waals surface area (Å²) in [7, 11) is -4.98. The van der Waals surface area contributed by atoms with Gasteiger partial charge < -0.3 is 4.74 Å². The van der Waals surface area contributed by atoms with Crippen molar-refractivity contribution in [3.8, 4) is 0 Å². The Bertz CT molecular complexity index is 973. The molecule has 2 aromatic carbocycles. The van der Waals surface area contributed by atoms with Crippen LogP contribution in [-0.4, -0.2) is 34.2 Å². The van der Waals surface area contributed by atoms with Gasteiger partial charge in [0.2, 0.25) is 0 Å². The van der Waals surface area contributed by atoms with Crippen LogP contribution in [0.3, 0.4) is 0 Å². The van der Waals surface area contributed by atoms with Crippen LogP contribution >= 0.6 is 23.2 Å². The molecule has 6 nitrogen and oxygen atoms in total. The summed E-state index contributed by atoms with van der Waals surface area (Å²) >= 11 is 12.0. The highest BCUT2D eigenvalue weighted by molar-refractivity contribution is 7.86. The number of hydrogen-bond donors (Lipinski definition) is 0. The van der Waals surface area contributed by atoms with Crippen LogP contribution in [0.2, 0.25) is 10.0 Å². The first-order valence-corrected chi connectivity index (χ1v) is 10.3. The smallest absolute Gasteiger partial charge is 0.333 e. The number of rotatable bonds is 4. The molecule has 0 saturated carbocycles. The average molecular weight is 433 g/mol. The molecule has 10 heteroatoms. The number of ether oxygens (including phenoxy) is 1. The molecule has 0 radical (unpaired) electrons. The van der Waals surface area contributed by atoms with Crippen molar-refractivity contribution in [3.05, 3.63) is 52.5 Å². The molecular formula is C17H17Cl2FN3O3S+. The van der Waals surface area contributed by atoms with Gasteiger partial charge in [-0.05, 0) is 19.1 Å². The molecule has 1 saturated heterocycles. The van der Waals surface area contributed by atoms with Crippen LogP contribution in [0.25, 0.3) is 0 Å². The Morgan fingerprint density at radius 2 is 1.89 bits per heavy atom. The molecule has 2 atom stereocenters. The number of para-hydroxylation sites is 1. The molecule has 0 spiro atoms. The maximum absolute atomic E-state index is 13.3. The second-order valence-corrected chi connectivity index (χ2v) is 8.30. The fraction of sp³-hybridized carbons (Fsp3) is 0.294. The number of hydrogen-bond acceptors (Lipinski definition) is 5. The standard InChI is InChI=1S/C17H17Cl2FN3O3S/c1-12-11-26-8-7-23(12,13-5-3-2-4-6-13)22-21-16-9-15(19)17(10-14(16)18)27(20,24)25/h2-6,9-10,12H,7-8,11H2,1H3/q+1. The highest BCUT2D eigenvalue weighted by Crippen LogP contribution is 2.37. The zero-order valence-corrected chi connectivity index (χ0v) is 16.7. The van der Waals surface area contributed by atoms with E-state index in [1.807, 2.05) is 37.3 Å². The molecule has 1 fully saturated rings. The van der Waals surface area contributed by atoms with E-state index in [4.69, 9.17) is 27.9 Å². The van der Waals surface area contributed by atoms with Crippen molar-refractivity contribution in [2.45, 2.75) is 17.9 Å². The third-order valence-corrected chi connectivity index (χ3v) is 6.03. The summed E-state index contributed by atoms with van der Waals surface area (Å²) in [6.45, 7) is 3.57. The van der Waals surface area contributed by atoms with E-state index in [2.05, 4.69) is 10.3 Å². The molecular weight excluding hydrogens is 416 g/mol. The number of nitrogens with zero attached hydrogens (tertiary/aromatic N) is 3. The Balaban J connectivity index is 2.05. The van der Waals surface area contributed by atoms with Gasteiger partial charge in [0.1, 0.15) is 29.8 Å². The van der Waals surface area contributed by atoms with E-state index in [9.17, 15) is 12.3 Å². The van der Waals surface area contributed by atoms with E-state index < -0.39 is 15.1 Å². The third kappa shape index (κ3) is 4.14. The van der Waals surface area contributed by atoms with Crippen LogP contribution < -0.4 is 4.59 Å². The van der Waals surface area contributed by atoms with E-state index >= 15 is 0 Å². The van der Waals surface area contributed by atoms with Gasteiger partial charge in [-0.2, -0.15) is 8.42 Å². The molecule has 0 bridgehead atoms. The number of quaternary nitrogens is 1. The SMILES string of the molecule is CC1COCC[N+]1(N=Nc1cc(Cl)c(S(=O)(=O)F)cc1Cl)c1ccccc1. The van der Waals surface area contributed by atoms with Gasteiger partial charge in [-0.1, -0.05) is 46.5 Å². The number of benzene rings is 2. The zero-order valence-electron chi connectivity index (χ0n) is 14.3. The molecule has 0 aromatic heterocycles. The van der Waals surface area contributed by atoms with E-state index in [0.29, 0.717) is 19.8 Å². The predicted octanol–water partition coefficient (Wildman–Crippen LogP) is 5.08. The zero-order chi connectivity index (χ0) is 19.7. The molecule has 3 rings (SSSR count). The van der Waals surface area contributed by atoms with Crippen molar-refractivity contribution in [3.63, 3.8) is 0 Å². The third-order valence-electron chi connectivity index (χ3n) is 4.44. The lowest BCUT2D eigenvalue weighted by Crippen LogP contribution is -2.58. The van der Waals surface area contributed by atoms with Gasteiger partial charge in [0.25, 0.3) is 0 Å². The highest BCUT2D eigenvalue weighted by atomic mass is 35.5. The molecule has 1 aliphatic rings. The quantitative estimate of drug-likeness (QED) is 0.384. The van der Waals surface area contributed by atoms with E-state index in [1.165, 1.54) is 6.07 Å². The minimum Gasteiger partial charge on any atom is -0.369 e. The Morgan fingerprint density at radius 1 is 1.19 bits per heavy atom. The first-order valence-electron chi connectivity index (χ1n) is 8.12. The first kappa shape index (κ1) is 20.2. The van der Waals surface area contributed by atoms with Gasteiger partial charge in [-0.15, -0.1) is 8.48 Å². The Morgan fingerprint density at radius 3 is 2.52 bits per heavy atom. The maximum Gasteiger partial charge on any atom is 0.333 e. The molecule has 2 unspecified atom stereocenters. The highest BCUT2D eigenvalue weighted by Gasteiger charge is 2.41. The largest absolute Gasteiger partial charge is 0.369 e. The lowest BCUT2D eigenvalue weighted by molar-refractivity contribution is 0.000731.